The predicted octanol–water partition coefficient (Wildman–Crippen LogP) is 1.59. The molecule has 0 radical (unpaired) electrons. The van der Waals surface area contributed by atoms with E-state index in [0.717, 1.165) is 34.9 Å². The van der Waals surface area contributed by atoms with Gasteiger partial charge in [-0.25, -0.2) is 9.18 Å². The summed E-state index contributed by atoms with van der Waals surface area (Å²) in [6.45, 7) is 1.04. The molecule has 1 aliphatic rings. The van der Waals surface area contributed by atoms with Crippen LogP contribution in [-0.4, -0.2) is 43.9 Å². The first-order valence-electron chi connectivity index (χ1n) is 9.61. The van der Waals surface area contributed by atoms with E-state index in [4.69, 9.17) is 9.47 Å². The number of aliphatic hydroxyl groups excluding tert-OH is 2. The number of hydrogen-bond donors (Lipinski definition) is 3. The fourth-order valence-corrected chi connectivity index (χ4v) is 3.56. The third-order valence-corrected chi connectivity index (χ3v) is 5.26. The smallest absolute Gasteiger partial charge is 0.330 e. The molecule has 0 saturated carbocycles. The number of aliphatic hydroxyl groups is 2. The molecule has 8 nitrogen and oxygen atoms in total. The van der Waals surface area contributed by atoms with Crippen LogP contribution in [0.1, 0.15) is 13.2 Å². The Morgan fingerprint density at radius 1 is 1.10 bits per heavy atom. The normalized spacial score (nSPS) is 26.5. The van der Waals surface area contributed by atoms with Crippen LogP contribution in [0.15, 0.2) is 76.4 Å². The van der Waals surface area contributed by atoms with E-state index in [1.165, 1.54) is 0 Å². The molecular formula is C22H21FN2O6. The lowest BCUT2D eigenvalue weighted by Gasteiger charge is -2.25. The number of halogens is 1. The maximum Gasteiger partial charge on any atom is 0.330 e. The summed E-state index contributed by atoms with van der Waals surface area (Å²) in [6.07, 6.45) is -5.50. The minimum absolute atomic E-state index is 0.285. The van der Waals surface area contributed by atoms with Gasteiger partial charge in [-0.05, 0) is 30.2 Å². The Morgan fingerprint density at radius 2 is 1.74 bits per heavy atom. The molecule has 162 valence electrons. The molecule has 3 aromatic rings. The summed E-state index contributed by atoms with van der Waals surface area (Å²) in [4.78, 5) is 25.3. The van der Waals surface area contributed by atoms with E-state index in [1.807, 2.05) is 35.3 Å². The van der Waals surface area contributed by atoms with Gasteiger partial charge >= 0.3 is 5.69 Å². The van der Waals surface area contributed by atoms with Crippen LogP contribution in [0.2, 0.25) is 0 Å². The van der Waals surface area contributed by atoms with Crippen LogP contribution in [0, 0.1) is 0 Å². The molecule has 0 unspecified atom stereocenters. The van der Waals surface area contributed by atoms with E-state index in [2.05, 4.69) is 0 Å². The summed E-state index contributed by atoms with van der Waals surface area (Å²) in [7, 11) is 0. The van der Waals surface area contributed by atoms with Gasteiger partial charge in [0.2, 0.25) is 6.29 Å². The summed E-state index contributed by atoms with van der Waals surface area (Å²) in [5.74, 6) is 0.285. The molecule has 2 heterocycles. The average Bonchev–Trinajstić information content (AvgIpc) is 2.99. The molecule has 1 fully saturated rings. The van der Waals surface area contributed by atoms with E-state index >= 15 is 4.39 Å². The number of rotatable bonds is 5. The summed E-state index contributed by atoms with van der Waals surface area (Å²) in [5, 5.41) is 20.9. The van der Waals surface area contributed by atoms with Gasteiger partial charge in [0.05, 0.1) is 0 Å². The van der Waals surface area contributed by atoms with Crippen molar-refractivity contribution in [2.24, 2.45) is 0 Å². The lowest BCUT2D eigenvalue weighted by molar-refractivity contribution is -0.155. The molecule has 4 rings (SSSR count). The first-order valence-corrected chi connectivity index (χ1v) is 9.61. The van der Waals surface area contributed by atoms with Crippen molar-refractivity contribution in [3.05, 3.63) is 87.7 Å². The molecule has 9 heteroatoms. The van der Waals surface area contributed by atoms with Gasteiger partial charge in [-0.3, -0.25) is 14.3 Å². The molecule has 1 aliphatic heterocycles. The minimum atomic E-state index is -2.44. The fourth-order valence-electron chi connectivity index (χ4n) is 3.56. The van der Waals surface area contributed by atoms with Crippen LogP contribution in [0.5, 0.6) is 5.75 Å². The number of aromatic amines is 1. The number of hydrogen-bond acceptors (Lipinski definition) is 6. The number of nitrogens with one attached hydrogen (secondary N) is 1. The molecule has 0 amide bonds. The summed E-state index contributed by atoms with van der Waals surface area (Å²) in [5.41, 5.74) is -2.05. The highest BCUT2D eigenvalue weighted by molar-refractivity contribution is 5.63. The van der Waals surface area contributed by atoms with Crippen molar-refractivity contribution in [1.82, 2.24) is 9.55 Å². The molecule has 3 N–H and O–H groups in total. The van der Waals surface area contributed by atoms with Crippen LogP contribution in [0.4, 0.5) is 4.39 Å². The second kappa shape index (κ2) is 8.10. The molecule has 1 aromatic heterocycles. The average molecular weight is 428 g/mol. The summed E-state index contributed by atoms with van der Waals surface area (Å²) < 4.78 is 27.0. The van der Waals surface area contributed by atoms with Gasteiger partial charge in [-0.15, -0.1) is 0 Å². The third-order valence-electron chi connectivity index (χ3n) is 5.26. The first-order chi connectivity index (χ1) is 14.8. The largest absolute Gasteiger partial charge is 0.462 e. The standard InChI is InChI=1S/C22H21FN2O6/c1-22(23)18(27)17(31-20(22)25-12-11-16(26)24-21(25)29)19(28)30-15-9-7-14(8-10-15)13-5-3-2-4-6-13/h2-12,17-20,27-28H,1H3,(H,24,26,29)/t17-,18-,19+,20-,22-/m1/s1. The second-order valence-electron chi connectivity index (χ2n) is 7.47. The maximum atomic E-state index is 15.2. The van der Waals surface area contributed by atoms with Gasteiger partial charge in [0.15, 0.2) is 18.0 Å². The topological polar surface area (TPSA) is 114 Å². The molecular weight excluding hydrogens is 407 g/mol. The quantitative estimate of drug-likeness (QED) is 0.532. The van der Waals surface area contributed by atoms with Crippen molar-refractivity contribution in [1.29, 1.82) is 0 Å². The third kappa shape index (κ3) is 4.02. The number of nitrogens with zero attached hydrogens (tertiary/aromatic N) is 1. The molecule has 1 saturated heterocycles. The number of ether oxygens (including phenoxy) is 2. The zero-order chi connectivity index (χ0) is 22.2. The van der Waals surface area contributed by atoms with Crippen molar-refractivity contribution in [3.63, 3.8) is 0 Å². The van der Waals surface area contributed by atoms with Gasteiger partial charge in [0.1, 0.15) is 11.9 Å². The fraction of sp³-hybridized carbons (Fsp3) is 0.273. The Balaban J connectivity index is 1.51. The second-order valence-corrected chi connectivity index (χ2v) is 7.47. The molecule has 0 spiro atoms. The monoisotopic (exact) mass is 428 g/mol. The zero-order valence-corrected chi connectivity index (χ0v) is 16.5. The van der Waals surface area contributed by atoms with Crippen molar-refractivity contribution in [3.8, 4) is 16.9 Å². The van der Waals surface area contributed by atoms with Crippen molar-refractivity contribution >= 4 is 0 Å². The highest BCUT2D eigenvalue weighted by Crippen LogP contribution is 2.41. The van der Waals surface area contributed by atoms with Crippen LogP contribution in [-0.2, 0) is 4.74 Å². The molecule has 5 atom stereocenters. The van der Waals surface area contributed by atoms with E-state index in [1.54, 1.807) is 24.3 Å². The Morgan fingerprint density at radius 3 is 2.39 bits per heavy atom. The van der Waals surface area contributed by atoms with E-state index in [0.29, 0.717) is 0 Å². The molecule has 2 aromatic carbocycles. The lowest BCUT2D eigenvalue weighted by atomic mass is 9.98. The van der Waals surface area contributed by atoms with Gasteiger partial charge in [0, 0.05) is 12.3 Å². The van der Waals surface area contributed by atoms with Crippen LogP contribution < -0.4 is 16.0 Å². The Labute approximate surface area is 176 Å². The SMILES string of the molecule is C[C@@]1(F)[C@H](O)[C@H]([C@@H](O)Oc2ccc(-c3ccccc3)cc2)O[C@H]1n1ccc(=O)[nH]c1=O. The van der Waals surface area contributed by atoms with Crippen LogP contribution in [0.25, 0.3) is 11.1 Å². The first kappa shape index (κ1) is 21.0. The van der Waals surface area contributed by atoms with Crippen LogP contribution >= 0.6 is 0 Å². The van der Waals surface area contributed by atoms with Crippen molar-refractivity contribution in [2.45, 2.75) is 37.3 Å². The predicted molar refractivity (Wildman–Crippen MR) is 109 cm³/mol. The van der Waals surface area contributed by atoms with Crippen LogP contribution in [0.3, 0.4) is 0 Å². The van der Waals surface area contributed by atoms with Gasteiger partial charge < -0.3 is 19.7 Å². The van der Waals surface area contributed by atoms with E-state index < -0.39 is 41.6 Å². The molecule has 0 bridgehead atoms. The Bertz CT molecular complexity index is 1160. The zero-order valence-electron chi connectivity index (χ0n) is 16.5. The van der Waals surface area contributed by atoms with Gasteiger partial charge in [-0.1, -0.05) is 42.5 Å². The molecule has 0 aliphatic carbocycles. The lowest BCUT2D eigenvalue weighted by Crippen LogP contribution is -2.46. The maximum absolute atomic E-state index is 15.2. The van der Waals surface area contributed by atoms with Crippen molar-refractivity contribution in [2.75, 3.05) is 0 Å². The number of aromatic nitrogens is 2. The van der Waals surface area contributed by atoms with E-state index in [9.17, 15) is 19.8 Å². The highest BCUT2D eigenvalue weighted by Gasteiger charge is 2.58. The van der Waals surface area contributed by atoms with Crippen molar-refractivity contribution < 1.29 is 24.1 Å². The van der Waals surface area contributed by atoms with E-state index in [-0.39, 0.29) is 5.75 Å². The van der Waals surface area contributed by atoms with Gasteiger partial charge in [0.25, 0.3) is 5.56 Å². The Hall–Kier alpha value is -3.27. The number of benzene rings is 2. The number of H-pyrrole nitrogens is 1. The highest BCUT2D eigenvalue weighted by atomic mass is 19.1. The Kier molecular flexibility index (Phi) is 5.48. The minimum Gasteiger partial charge on any atom is -0.462 e. The summed E-state index contributed by atoms with van der Waals surface area (Å²) in [6, 6.07) is 17.5. The number of alkyl halides is 1. The summed E-state index contributed by atoms with van der Waals surface area (Å²) >= 11 is 0. The molecule has 31 heavy (non-hydrogen) atoms. The van der Waals surface area contributed by atoms with Gasteiger partial charge in [-0.2, -0.15) is 0 Å².